The maximum absolute atomic E-state index is 12.9. The average molecular weight is 283 g/mol. The number of amidine groups is 1. The molecule has 1 saturated heterocycles. The zero-order chi connectivity index (χ0) is 14.8. The standard InChI is InChI=1S/C14H25N3O3/c1-10-7-14(8-10,12(15)16-20)13(19)17-6-4-2-3-5-11(17)9-18/h10-11,18,20H,2-9H2,1H3,(H2,15,16). The van der Waals surface area contributed by atoms with Crippen LogP contribution >= 0.6 is 0 Å². The molecule has 2 aliphatic rings. The molecule has 1 aliphatic heterocycles. The van der Waals surface area contributed by atoms with Gasteiger partial charge in [0.05, 0.1) is 12.6 Å². The van der Waals surface area contributed by atoms with E-state index in [-0.39, 0.29) is 24.4 Å². The van der Waals surface area contributed by atoms with Gasteiger partial charge in [0, 0.05) is 6.54 Å². The third-order valence-corrected chi connectivity index (χ3v) is 4.75. The van der Waals surface area contributed by atoms with E-state index in [0.29, 0.717) is 25.3 Å². The third-order valence-electron chi connectivity index (χ3n) is 4.75. The fourth-order valence-corrected chi connectivity index (χ4v) is 3.63. The van der Waals surface area contributed by atoms with Gasteiger partial charge in [-0.3, -0.25) is 4.79 Å². The van der Waals surface area contributed by atoms with Gasteiger partial charge in [0.15, 0.2) is 5.84 Å². The van der Waals surface area contributed by atoms with Crippen molar-refractivity contribution in [2.24, 2.45) is 22.2 Å². The van der Waals surface area contributed by atoms with Crippen LogP contribution in [0.3, 0.4) is 0 Å². The van der Waals surface area contributed by atoms with Crippen LogP contribution in [0.1, 0.15) is 45.4 Å². The molecule has 1 amide bonds. The van der Waals surface area contributed by atoms with Gasteiger partial charge < -0.3 is 20.9 Å². The Bertz CT molecular complexity index is 391. The number of nitrogens with two attached hydrogens (primary N) is 1. The van der Waals surface area contributed by atoms with Crippen LogP contribution in [0, 0.1) is 11.3 Å². The lowest BCUT2D eigenvalue weighted by Crippen LogP contribution is -2.59. The molecule has 1 saturated carbocycles. The lowest BCUT2D eigenvalue weighted by molar-refractivity contribution is -0.147. The summed E-state index contributed by atoms with van der Waals surface area (Å²) < 4.78 is 0. The minimum atomic E-state index is -0.855. The van der Waals surface area contributed by atoms with Crippen LogP contribution in [0.15, 0.2) is 5.16 Å². The second kappa shape index (κ2) is 5.99. The summed E-state index contributed by atoms with van der Waals surface area (Å²) in [5.41, 5.74) is 4.94. The van der Waals surface area contributed by atoms with E-state index >= 15 is 0 Å². The quantitative estimate of drug-likeness (QED) is 0.310. The number of carbonyl (C=O) groups is 1. The van der Waals surface area contributed by atoms with Crippen LogP contribution in [-0.2, 0) is 4.79 Å². The van der Waals surface area contributed by atoms with Crippen molar-refractivity contribution in [1.82, 2.24) is 4.90 Å². The maximum atomic E-state index is 12.9. The summed E-state index contributed by atoms with van der Waals surface area (Å²) in [5.74, 6) is 0.340. The number of nitrogens with zero attached hydrogens (tertiary/aromatic N) is 2. The molecule has 0 spiro atoms. The van der Waals surface area contributed by atoms with Crippen molar-refractivity contribution in [2.45, 2.75) is 51.5 Å². The first-order chi connectivity index (χ1) is 9.55. The number of aliphatic hydroxyl groups excluding tert-OH is 1. The fourth-order valence-electron chi connectivity index (χ4n) is 3.63. The molecular formula is C14H25N3O3. The summed E-state index contributed by atoms with van der Waals surface area (Å²) in [7, 11) is 0. The zero-order valence-corrected chi connectivity index (χ0v) is 12.1. The number of hydrogen-bond donors (Lipinski definition) is 3. The van der Waals surface area contributed by atoms with Crippen molar-refractivity contribution in [3.8, 4) is 0 Å². The highest BCUT2D eigenvalue weighted by molar-refractivity contribution is 6.07. The van der Waals surface area contributed by atoms with E-state index in [0.717, 1.165) is 25.7 Å². The summed E-state index contributed by atoms with van der Waals surface area (Å²) in [6.45, 7) is 2.69. The van der Waals surface area contributed by atoms with Gasteiger partial charge in [0.2, 0.25) is 5.91 Å². The molecule has 1 atom stereocenters. The molecule has 1 heterocycles. The molecule has 6 nitrogen and oxygen atoms in total. The molecule has 2 fully saturated rings. The maximum Gasteiger partial charge on any atom is 0.236 e. The van der Waals surface area contributed by atoms with Crippen molar-refractivity contribution in [3.05, 3.63) is 0 Å². The topological polar surface area (TPSA) is 99.2 Å². The molecular weight excluding hydrogens is 258 g/mol. The molecule has 1 unspecified atom stereocenters. The summed E-state index contributed by atoms with van der Waals surface area (Å²) >= 11 is 0. The van der Waals surface area contributed by atoms with Crippen LogP contribution in [-0.4, -0.2) is 46.1 Å². The Kier molecular flexibility index (Phi) is 4.52. The lowest BCUT2D eigenvalue weighted by atomic mass is 9.61. The van der Waals surface area contributed by atoms with Gasteiger partial charge in [-0.2, -0.15) is 0 Å². The van der Waals surface area contributed by atoms with Crippen LogP contribution < -0.4 is 5.73 Å². The van der Waals surface area contributed by atoms with Gasteiger partial charge >= 0.3 is 0 Å². The summed E-state index contributed by atoms with van der Waals surface area (Å²) in [6.07, 6.45) is 5.12. The molecule has 0 bridgehead atoms. The molecule has 0 aromatic rings. The first-order valence-corrected chi connectivity index (χ1v) is 7.45. The first-order valence-electron chi connectivity index (χ1n) is 7.45. The van der Waals surface area contributed by atoms with Crippen LogP contribution in [0.2, 0.25) is 0 Å². The molecule has 2 rings (SSSR count). The van der Waals surface area contributed by atoms with Gasteiger partial charge in [-0.25, -0.2) is 0 Å². The van der Waals surface area contributed by atoms with E-state index in [4.69, 9.17) is 10.9 Å². The normalized spacial score (nSPS) is 35.3. The van der Waals surface area contributed by atoms with Crippen LogP contribution in [0.4, 0.5) is 0 Å². The zero-order valence-electron chi connectivity index (χ0n) is 12.1. The van der Waals surface area contributed by atoms with E-state index in [1.807, 2.05) is 0 Å². The Morgan fingerprint density at radius 2 is 2.10 bits per heavy atom. The highest BCUT2D eigenvalue weighted by Gasteiger charge is 2.54. The number of rotatable bonds is 3. The van der Waals surface area contributed by atoms with E-state index in [9.17, 15) is 9.90 Å². The van der Waals surface area contributed by atoms with Crippen molar-refractivity contribution < 1.29 is 15.1 Å². The summed E-state index contributed by atoms with van der Waals surface area (Å²) in [4.78, 5) is 14.7. The number of amides is 1. The largest absolute Gasteiger partial charge is 0.409 e. The van der Waals surface area contributed by atoms with E-state index in [2.05, 4.69) is 12.1 Å². The minimum Gasteiger partial charge on any atom is -0.409 e. The molecule has 6 heteroatoms. The number of aliphatic hydroxyl groups is 1. The lowest BCUT2D eigenvalue weighted by Gasteiger charge is -2.47. The Morgan fingerprint density at radius 1 is 1.40 bits per heavy atom. The first kappa shape index (κ1) is 15.1. The Balaban J connectivity index is 2.22. The molecule has 1 aliphatic carbocycles. The monoisotopic (exact) mass is 283 g/mol. The highest BCUT2D eigenvalue weighted by Crippen LogP contribution is 2.47. The number of hydrogen-bond acceptors (Lipinski definition) is 4. The molecule has 114 valence electrons. The second-order valence-corrected chi connectivity index (χ2v) is 6.27. The fraction of sp³-hybridized carbons (Fsp3) is 0.857. The predicted octanol–water partition coefficient (Wildman–Crippen LogP) is 0.913. The summed E-state index contributed by atoms with van der Waals surface area (Å²) in [5, 5.41) is 21.6. The Labute approximate surface area is 119 Å². The van der Waals surface area contributed by atoms with Gasteiger partial charge in [-0.15, -0.1) is 0 Å². The number of oxime groups is 1. The third kappa shape index (κ3) is 2.49. The molecule has 20 heavy (non-hydrogen) atoms. The van der Waals surface area contributed by atoms with Crippen LogP contribution in [0.25, 0.3) is 0 Å². The Hall–Kier alpha value is -1.30. The van der Waals surface area contributed by atoms with Gasteiger partial charge in [0.1, 0.15) is 5.41 Å². The number of likely N-dealkylation sites (tertiary alicyclic amines) is 1. The molecule has 0 radical (unpaired) electrons. The average Bonchev–Trinajstić information content (AvgIpc) is 2.66. The smallest absolute Gasteiger partial charge is 0.236 e. The SMILES string of the molecule is CC1CC(C(=O)N2CCCCCC2CO)(C(N)=NO)C1. The van der Waals surface area contributed by atoms with Crippen molar-refractivity contribution >= 4 is 11.7 Å². The van der Waals surface area contributed by atoms with Crippen LogP contribution in [0.5, 0.6) is 0 Å². The van der Waals surface area contributed by atoms with Gasteiger partial charge in [-0.1, -0.05) is 24.9 Å². The van der Waals surface area contributed by atoms with Crippen molar-refractivity contribution in [2.75, 3.05) is 13.2 Å². The van der Waals surface area contributed by atoms with Gasteiger partial charge in [-0.05, 0) is 31.6 Å². The predicted molar refractivity (Wildman–Crippen MR) is 75.3 cm³/mol. The van der Waals surface area contributed by atoms with Crippen molar-refractivity contribution in [1.29, 1.82) is 0 Å². The van der Waals surface area contributed by atoms with E-state index in [1.54, 1.807) is 4.90 Å². The molecule has 4 N–H and O–H groups in total. The van der Waals surface area contributed by atoms with E-state index in [1.165, 1.54) is 0 Å². The Morgan fingerprint density at radius 3 is 2.65 bits per heavy atom. The van der Waals surface area contributed by atoms with Gasteiger partial charge in [0.25, 0.3) is 0 Å². The second-order valence-electron chi connectivity index (χ2n) is 6.27. The highest BCUT2D eigenvalue weighted by atomic mass is 16.4. The minimum absolute atomic E-state index is 0.0153. The summed E-state index contributed by atoms with van der Waals surface area (Å²) in [6, 6.07) is -0.135. The molecule has 0 aromatic heterocycles. The van der Waals surface area contributed by atoms with Crippen molar-refractivity contribution in [3.63, 3.8) is 0 Å². The van der Waals surface area contributed by atoms with E-state index < -0.39 is 5.41 Å². The number of carbonyl (C=O) groups excluding carboxylic acids is 1. The molecule has 0 aromatic carbocycles.